The zero-order valence-corrected chi connectivity index (χ0v) is 10.9. The van der Waals surface area contributed by atoms with Gasteiger partial charge in [0.15, 0.2) is 0 Å². The number of rotatable bonds is 7. The van der Waals surface area contributed by atoms with E-state index in [4.69, 9.17) is 19.7 Å². The lowest BCUT2D eigenvalue weighted by Crippen LogP contribution is -2.26. The highest BCUT2D eigenvalue weighted by Gasteiger charge is 2.26. The molecule has 0 aromatic carbocycles. The first-order chi connectivity index (χ1) is 8.03. The lowest BCUT2D eigenvalue weighted by Gasteiger charge is -2.17. The zero-order valence-electron chi connectivity index (χ0n) is 10.9. The van der Waals surface area contributed by atoms with Gasteiger partial charge in [-0.25, -0.2) is 0 Å². The van der Waals surface area contributed by atoms with Crippen LogP contribution in [0.4, 0.5) is 0 Å². The van der Waals surface area contributed by atoms with Crippen molar-refractivity contribution in [3.63, 3.8) is 0 Å². The van der Waals surface area contributed by atoms with E-state index in [-0.39, 0.29) is 6.10 Å². The van der Waals surface area contributed by atoms with Crippen molar-refractivity contribution in [3.05, 3.63) is 11.7 Å². The molecule has 1 aromatic rings. The molecular formula is C11H21N3O3. The molecule has 1 atom stereocenters. The Morgan fingerprint density at radius 1 is 1.47 bits per heavy atom. The fraction of sp³-hybridized carbons (Fsp3) is 0.818. The van der Waals surface area contributed by atoms with Gasteiger partial charge in [0, 0.05) is 20.3 Å². The fourth-order valence-corrected chi connectivity index (χ4v) is 1.31. The summed E-state index contributed by atoms with van der Waals surface area (Å²) in [5, 5.41) is 3.90. The Hall–Kier alpha value is -0.980. The van der Waals surface area contributed by atoms with Crippen molar-refractivity contribution in [1.82, 2.24) is 10.1 Å². The van der Waals surface area contributed by atoms with Crippen LogP contribution in [0, 0.1) is 0 Å². The topological polar surface area (TPSA) is 83.4 Å². The highest BCUT2D eigenvalue weighted by molar-refractivity contribution is 4.97. The van der Waals surface area contributed by atoms with Crippen molar-refractivity contribution in [2.45, 2.75) is 38.9 Å². The first-order valence-corrected chi connectivity index (χ1v) is 5.73. The maximum Gasteiger partial charge on any atom is 0.229 e. The summed E-state index contributed by atoms with van der Waals surface area (Å²) in [5.74, 6) is 1.05. The summed E-state index contributed by atoms with van der Waals surface area (Å²) >= 11 is 0. The van der Waals surface area contributed by atoms with Crippen LogP contribution in [0.1, 0.15) is 32.5 Å². The van der Waals surface area contributed by atoms with Crippen molar-refractivity contribution in [2.75, 3.05) is 20.3 Å². The third-order valence-corrected chi connectivity index (χ3v) is 2.58. The number of nitrogens with two attached hydrogens (primary N) is 1. The summed E-state index contributed by atoms with van der Waals surface area (Å²) in [6.07, 6.45) is 0.441. The van der Waals surface area contributed by atoms with E-state index >= 15 is 0 Å². The molecule has 0 radical (unpaired) electrons. The van der Waals surface area contributed by atoms with Gasteiger partial charge in [-0.1, -0.05) is 5.16 Å². The molecule has 1 unspecified atom stereocenters. The molecular weight excluding hydrogens is 222 g/mol. The van der Waals surface area contributed by atoms with E-state index in [0.717, 1.165) is 0 Å². The van der Waals surface area contributed by atoms with Crippen molar-refractivity contribution in [3.8, 4) is 0 Å². The SMILES string of the molecule is CCOC(CN)Cc1nc(C(C)(C)OC)no1. The molecule has 0 bridgehead atoms. The quantitative estimate of drug-likeness (QED) is 0.764. The average Bonchev–Trinajstić information content (AvgIpc) is 2.77. The van der Waals surface area contributed by atoms with E-state index in [1.165, 1.54) is 0 Å². The standard InChI is InChI=1S/C11H21N3O3/c1-5-16-8(7-12)6-9-13-10(14-17-9)11(2,3)15-4/h8H,5-7,12H2,1-4H3. The van der Waals surface area contributed by atoms with Gasteiger partial charge in [-0.2, -0.15) is 4.98 Å². The molecule has 2 N–H and O–H groups in total. The Morgan fingerprint density at radius 2 is 2.18 bits per heavy atom. The highest BCUT2D eigenvalue weighted by Crippen LogP contribution is 2.20. The highest BCUT2D eigenvalue weighted by atomic mass is 16.5. The largest absolute Gasteiger partial charge is 0.377 e. The molecule has 0 fully saturated rings. The Bertz CT molecular complexity index is 338. The molecule has 98 valence electrons. The van der Waals surface area contributed by atoms with Crippen LogP contribution in [0.25, 0.3) is 0 Å². The second kappa shape index (κ2) is 6.09. The Morgan fingerprint density at radius 3 is 2.71 bits per heavy atom. The van der Waals surface area contributed by atoms with Gasteiger partial charge in [0.25, 0.3) is 0 Å². The van der Waals surface area contributed by atoms with E-state index in [0.29, 0.717) is 31.3 Å². The summed E-state index contributed by atoms with van der Waals surface area (Å²) in [6, 6.07) is 0. The van der Waals surface area contributed by atoms with Gasteiger partial charge in [-0.3, -0.25) is 0 Å². The molecule has 0 amide bonds. The minimum Gasteiger partial charge on any atom is -0.377 e. The van der Waals surface area contributed by atoms with E-state index in [1.807, 2.05) is 20.8 Å². The molecule has 6 nitrogen and oxygen atoms in total. The summed E-state index contributed by atoms with van der Waals surface area (Å²) in [4.78, 5) is 4.28. The Labute approximate surface area is 101 Å². The molecule has 0 spiro atoms. The Balaban J connectivity index is 2.68. The van der Waals surface area contributed by atoms with E-state index in [2.05, 4.69) is 10.1 Å². The number of hydrogen-bond acceptors (Lipinski definition) is 6. The normalized spacial score (nSPS) is 13.9. The van der Waals surface area contributed by atoms with Crippen molar-refractivity contribution >= 4 is 0 Å². The van der Waals surface area contributed by atoms with Crippen molar-refractivity contribution in [2.24, 2.45) is 5.73 Å². The third kappa shape index (κ3) is 3.76. The minimum absolute atomic E-state index is 0.0843. The first kappa shape index (κ1) is 14.1. The lowest BCUT2D eigenvalue weighted by atomic mass is 10.1. The molecule has 0 aliphatic heterocycles. The smallest absolute Gasteiger partial charge is 0.229 e. The molecule has 1 heterocycles. The van der Waals surface area contributed by atoms with Crippen LogP contribution in [-0.4, -0.2) is 36.5 Å². The van der Waals surface area contributed by atoms with Crippen LogP contribution in [0.3, 0.4) is 0 Å². The van der Waals surface area contributed by atoms with Gasteiger partial charge in [-0.05, 0) is 20.8 Å². The maximum absolute atomic E-state index is 5.59. The molecule has 1 aromatic heterocycles. The van der Waals surface area contributed by atoms with Gasteiger partial charge < -0.3 is 19.7 Å². The lowest BCUT2D eigenvalue weighted by molar-refractivity contribution is 0.00973. The van der Waals surface area contributed by atoms with Gasteiger partial charge in [0.2, 0.25) is 11.7 Å². The maximum atomic E-state index is 5.59. The second-order valence-electron chi connectivity index (χ2n) is 4.24. The molecule has 1 rings (SSSR count). The molecule has 0 saturated heterocycles. The summed E-state index contributed by atoms with van der Waals surface area (Å²) in [7, 11) is 1.61. The predicted octanol–water partition coefficient (Wildman–Crippen LogP) is 0.857. The van der Waals surface area contributed by atoms with E-state index < -0.39 is 5.60 Å². The number of ether oxygens (including phenoxy) is 2. The van der Waals surface area contributed by atoms with Gasteiger partial charge in [0.05, 0.1) is 12.5 Å². The average molecular weight is 243 g/mol. The number of aromatic nitrogens is 2. The number of methoxy groups -OCH3 is 1. The fourth-order valence-electron chi connectivity index (χ4n) is 1.31. The van der Waals surface area contributed by atoms with Crippen LogP contribution < -0.4 is 5.73 Å². The van der Waals surface area contributed by atoms with Gasteiger partial charge in [-0.15, -0.1) is 0 Å². The summed E-state index contributed by atoms with van der Waals surface area (Å²) < 4.78 is 15.9. The van der Waals surface area contributed by atoms with Crippen LogP contribution in [0.15, 0.2) is 4.52 Å². The molecule has 0 aliphatic carbocycles. The summed E-state index contributed by atoms with van der Waals surface area (Å²) in [6.45, 7) is 6.73. The molecule has 6 heteroatoms. The molecule has 0 aliphatic rings. The molecule has 17 heavy (non-hydrogen) atoms. The first-order valence-electron chi connectivity index (χ1n) is 5.73. The van der Waals surface area contributed by atoms with Crippen LogP contribution in [0.5, 0.6) is 0 Å². The monoisotopic (exact) mass is 243 g/mol. The van der Waals surface area contributed by atoms with Gasteiger partial charge >= 0.3 is 0 Å². The minimum atomic E-state index is -0.550. The molecule has 0 saturated carbocycles. The second-order valence-corrected chi connectivity index (χ2v) is 4.24. The van der Waals surface area contributed by atoms with Crippen LogP contribution in [-0.2, 0) is 21.5 Å². The third-order valence-electron chi connectivity index (χ3n) is 2.58. The van der Waals surface area contributed by atoms with Crippen LogP contribution >= 0.6 is 0 Å². The van der Waals surface area contributed by atoms with Crippen molar-refractivity contribution < 1.29 is 14.0 Å². The van der Waals surface area contributed by atoms with E-state index in [9.17, 15) is 0 Å². The number of nitrogens with zero attached hydrogens (tertiary/aromatic N) is 2. The predicted molar refractivity (Wildman–Crippen MR) is 62.5 cm³/mol. The van der Waals surface area contributed by atoms with Gasteiger partial charge in [0.1, 0.15) is 5.60 Å². The summed E-state index contributed by atoms with van der Waals surface area (Å²) in [5.41, 5.74) is 5.04. The van der Waals surface area contributed by atoms with Crippen molar-refractivity contribution in [1.29, 1.82) is 0 Å². The Kier molecular flexibility index (Phi) is 5.04. The van der Waals surface area contributed by atoms with Crippen LogP contribution in [0.2, 0.25) is 0 Å². The zero-order chi connectivity index (χ0) is 12.9. The van der Waals surface area contributed by atoms with E-state index in [1.54, 1.807) is 7.11 Å². The number of hydrogen-bond donors (Lipinski definition) is 1.